The summed E-state index contributed by atoms with van der Waals surface area (Å²) in [6.07, 6.45) is 0.757. The van der Waals surface area contributed by atoms with Crippen LogP contribution in [-0.2, 0) is 4.79 Å². The van der Waals surface area contributed by atoms with Gasteiger partial charge in [-0.15, -0.1) is 0 Å². The minimum atomic E-state index is -0.202. The molecule has 0 aliphatic carbocycles. The molecule has 2 atom stereocenters. The molecule has 0 fully saturated rings. The Balaban J connectivity index is 4.23. The van der Waals surface area contributed by atoms with Gasteiger partial charge in [0.15, 0.2) is 0 Å². The molecule has 0 saturated heterocycles. The van der Waals surface area contributed by atoms with Crippen molar-refractivity contribution in [2.75, 3.05) is 13.2 Å². The van der Waals surface area contributed by atoms with E-state index in [9.17, 15) is 4.79 Å². The lowest BCUT2D eigenvalue weighted by Gasteiger charge is -2.25. The number of carbonyl (C=O) groups is 1. The fraction of sp³-hybridized carbons (Fsp3) is 0.909. The van der Waals surface area contributed by atoms with Gasteiger partial charge in [-0.05, 0) is 18.8 Å². The third-order valence-corrected chi connectivity index (χ3v) is 2.18. The number of nitrogens with two attached hydrogens (primary N) is 1. The molecular formula is C11H24N2O2. The fourth-order valence-corrected chi connectivity index (χ4v) is 1.43. The Morgan fingerprint density at radius 3 is 2.33 bits per heavy atom. The highest BCUT2D eigenvalue weighted by Gasteiger charge is 2.24. The summed E-state index contributed by atoms with van der Waals surface area (Å²) < 4.78 is 0. The summed E-state index contributed by atoms with van der Waals surface area (Å²) in [4.78, 5) is 11.7. The van der Waals surface area contributed by atoms with Crippen LogP contribution >= 0.6 is 0 Å². The molecule has 4 heteroatoms. The van der Waals surface area contributed by atoms with Gasteiger partial charge in [0.2, 0.25) is 5.91 Å². The van der Waals surface area contributed by atoms with E-state index in [0.29, 0.717) is 6.54 Å². The van der Waals surface area contributed by atoms with Crippen molar-refractivity contribution >= 4 is 5.91 Å². The van der Waals surface area contributed by atoms with E-state index in [-0.39, 0.29) is 29.9 Å². The second kappa shape index (κ2) is 6.08. The van der Waals surface area contributed by atoms with Crippen LogP contribution in [0.1, 0.15) is 34.1 Å². The minimum absolute atomic E-state index is 0.0431. The lowest BCUT2D eigenvalue weighted by atomic mass is 9.84. The molecule has 0 aliphatic heterocycles. The molecule has 0 radical (unpaired) electrons. The standard InChI is InChI=1S/C11H24N2O2/c1-8(7-14)13-10(15)9(6-12)5-11(2,3)4/h8-9,14H,5-7,12H2,1-4H3,(H,13,15)/t8-,9?/m1/s1. The van der Waals surface area contributed by atoms with Gasteiger partial charge in [0.25, 0.3) is 0 Å². The van der Waals surface area contributed by atoms with Crippen molar-refractivity contribution in [2.24, 2.45) is 17.1 Å². The number of hydrogen-bond donors (Lipinski definition) is 3. The third kappa shape index (κ3) is 6.47. The van der Waals surface area contributed by atoms with Crippen LogP contribution in [-0.4, -0.2) is 30.2 Å². The van der Waals surface area contributed by atoms with Crippen molar-refractivity contribution in [2.45, 2.75) is 40.2 Å². The molecule has 1 amide bonds. The number of amides is 1. The Hall–Kier alpha value is -0.610. The van der Waals surface area contributed by atoms with Crippen LogP contribution in [0.5, 0.6) is 0 Å². The number of carbonyl (C=O) groups excluding carboxylic acids is 1. The van der Waals surface area contributed by atoms with E-state index in [1.54, 1.807) is 6.92 Å². The summed E-state index contributed by atoms with van der Waals surface area (Å²) in [5, 5.41) is 11.6. The predicted octanol–water partition coefficient (Wildman–Crippen LogP) is 0.494. The fourth-order valence-electron chi connectivity index (χ4n) is 1.43. The lowest BCUT2D eigenvalue weighted by molar-refractivity contribution is -0.126. The summed E-state index contributed by atoms with van der Waals surface area (Å²) in [7, 11) is 0. The molecule has 0 bridgehead atoms. The molecule has 1 unspecified atom stereocenters. The van der Waals surface area contributed by atoms with Crippen LogP contribution in [0.25, 0.3) is 0 Å². The molecular weight excluding hydrogens is 192 g/mol. The largest absolute Gasteiger partial charge is 0.394 e. The Kier molecular flexibility index (Phi) is 5.83. The highest BCUT2D eigenvalue weighted by molar-refractivity contribution is 5.79. The van der Waals surface area contributed by atoms with E-state index in [1.807, 2.05) is 0 Å². The van der Waals surface area contributed by atoms with Crippen molar-refractivity contribution in [1.82, 2.24) is 5.32 Å². The summed E-state index contributed by atoms with van der Waals surface area (Å²) >= 11 is 0. The Bertz CT molecular complexity index is 199. The molecule has 0 aliphatic rings. The van der Waals surface area contributed by atoms with Crippen LogP contribution in [0.4, 0.5) is 0 Å². The predicted molar refractivity (Wildman–Crippen MR) is 61.3 cm³/mol. The molecule has 4 nitrogen and oxygen atoms in total. The van der Waals surface area contributed by atoms with Gasteiger partial charge in [0, 0.05) is 12.6 Å². The normalized spacial score (nSPS) is 15.9. The first-order chi connectivity index (χ1) is 6.80. The zero-order chi connectivity index (χ0) is 12.1. The number of hydrogen-bond acceptors (Lipinski definition) is 3. The van der Waals surface area contributed by atoms with Gasteiger partial charge in [-0.25, -0.2) is 0 Å². The van der Waals surface area contributed by atoms with Crippen LogP contribution in [0.3, 0.4) is 0 Å². The van der Waals surface area contributed by atoms with Crippen LogP contribution in [0.2, 0.25) is 0 Å². The summed E-state index contributed by atoms with van der Waals surface area (Å²) in [6, 6.07) is -0.202. The monoisotopic (exact) mass is 216 g/mol. The number of rotatable bonds is 5. The number of nitrogens with one attached hydrogen (secondary N) is 1. The van der Waals surface area contributed by atoms with Crippen LogP contribution in [0.15, 0.2) is 0 Å². The molecule has 0 saturated carbocycles. The number of aliphatic hydroxyl groups is 1. The smallest absolute Gasteiger partial charge is 0.224 e. The van der Waals surface area contributed by atoms with Crippen molar-refractivity contribution < 1.29 is 9.90 Å². The molecule has 0 aromatic heterocycles. The summed E-state index contributed by atoms with van der Waals surface area (Å²) in [6.45, 7) is 8.32. The molecule has 4 N–H and O–H groups in total. The highest BCUT2D eigenvalue weighted by Crippen LogP contribution is 2.23. The molecule has 0 aromatic rings. The van der Waals surface area contributed by atoms with Crippen molar-refractivity contribution in [3.8, 4) is 0 Å². The van der Waals surface area contributed by atoms with Gasteiger partial charge < -0.3 is 16.2 Å². The average Bonchev–Trinajstić information content (AvgIpc) is 2.12. The summed E-state index contributed by atoms with van der Waals surface area (Å²) in [5.74, 6) is -0.229. The second-order valence-corrected chi connectivity index (χ2v) is 5.29. The SMILES string of the molecule is C[C@H](CO)NC(=O)C(CN)CC(C)(C)C. The first kappa shape index (κ1) is 14.4. The lowest BCUT2D eigenvalue weighted by Crippen LogP contribution is -2.42. The van der Waals surface area contributed by atoms with Crippen molar-refractivity contribution in [1.29, 1.82) is 0 Å². The van der Waals surface area contributed by atoms with E-state index in [2.05, 4.69) is 26.1 Å². The van der Waals surface area contributed by atoms with Gasteiger partial charge in [-0.2, -0.15) is 0 Å². The van der Waals surface area contributed by atoms with Gasteiger partial charge in [0.1, 0.15) is 0 Å². The molecule has 15 heavy (non-hydrogen) atoms. The van der Waals surface area contributed by atoms with E-state index >= 15 is 0 Å². The average molecular weight is 216 g/mol. The maximum Gasteiger partial charge on any atom is 0.224 e. The van der Waals surface area contributed by atoms with E-state index in [4.69, 9.17) is 10.8 Å². The maximum absolute atomic E-state index is 11.7. The van der Waals surface area contributed by atoms with Crippen molar-refractivity contribution in [3.05, 3.63) is 0 Å². The second-order valence-electron chi connectivity index (χ2n) is 5.29. The minimum Gasteiger partial charge on any atom is -0.394 e. The Morgan fingerprint density at radius 2 is 2.00 bits per heavy atom. The zero-order valence-corrected chi connectivity index (χ0v) is 10.2. The Morgan fingerprint density at radius 1 is 1.47 bits per heavy atom. The molecule has 0 spiro atoms. The van der Waals surface area contributed by atoms with Gasteiger partial charge >= 0.3 is 0 Å². The summed E-state index contributed by atoms with van der Waals surface area (Å²) in [5.41, 5.74) is 5.66. The maximum atomic E-state index is 11.7. The first-order valence-electron chi connectivity index (χ1n) is 5.41. The first-order valence-corrected chi connectivity index (χ1v) is 5.41. The van der Waals surface area contributed by atoms with E-state index < -0.39 is 0 Å². The van der Waals surface area contributed by atoms with E-state index in [1.165, 1.54) is 0 Å². The topological polar surface area (TPSA) is 75.3 Å². The molecule has 0 rings (SSSR count). The number of aliphatic hydroxyl groups excluding tert-OH is 1. The molecule has 0 heterocycles. The zero-order valence-electron chi connectivity index (χ0n) is 10.2. The van der Waals surface area contributed by atoms with Crippen molar-refractivity contribution in [3.63, 3.8) is 0 Å². The molecule has 0 aromatic carbocycles. The van der Waals surface area contributed by atoms with E-state index in [0.717, 1.165) is 6.42 Å². The highest BCUT2D eigenvalue weighted by atomic mass is 16.3. The van der Waals surface area contributed by atoms with Gasteiger partial charge in [-0.3, -0.25) is 4.79 Å². The third-order valence-electron chi connectivity index (χ3n) is 2.18. The Labute approximate surface area is 92.2 Å². The van der Waals surface area contributed by atoms with Gasteiger partial charge in [0.05, 0.1) is 12.5 Å². The quantitative estimate of drug-likeness (QED) is 0.626. The van der Waals surface area contributed by atoms with Gasteiger partial charge in [-0.1, -0.05) is 20.8 Å². The van der Waals surface area contributed by atoms with Crippen LogP contribution in [0, 0.1) is 11.3 Å². The molecule has 90 valence electrons. The van der Waals surface area contributed by atoms with Crippen LogP contribution < -0.4 is 11.1 Å².